The van der Waals surface area contributed by atoms with Crippen molar-refractivity contribution in [3.63, 3.8) is 0 Å². The van der Waals surface area contributed by atoms with Crippen LogP contribution in [0.5, 0.6) is 23.1 Å². The van der Waals surface area contributed by atoms with Crippen LogP contribution in [0.2, 0.25) is 0 Å². The first-order chi connectivity index (χ1) is 55.8. The predicted molar refractivity (Wildman–Crippen MR) is 423 cm³/mol. The number of benzene rings is 6. The Morgan fingerprint density at radius 2 is 0.897 bits per heavy atom. The molecule has 32 nitrogen and oxygen atoms in total. The van der Waals surface area contributed by atoms with Gasteiger partial charge >= 0.3 is 11.9 Å². The average molecular weight is 1590 g/mol. The number of nitrogens with zero attached hydrogens (tertiary/aromatic N) is 8. The van der Waals surface area contributed by atoms with Crippen LogP contribution in [0.1, 0.15) is 111 Å². The van der Waals surface area contributed by atoms with E-state index < -0.39 is 144 Å². The number of carboxylic acids is 2. The van der Waals surface area contributed by atoms with E-state index in [0.717, 1.165) is 11.1 Å². The Hall–Kier alpha value is -12.6. The highest BCUT2D eigenvalue weighted by atomic mass is 16.5. The number of aromatic nitrogens is 6. The Bertz CT molecular complexity index is 4410. The molecule has 6 aromatic carbocycles. The predicted octanol–water partition coefficient (Wildman–Crippen LogP) is 4.36. The zero-order chi connectivity index (χ0) is 82.7. The normalized spacial score (nSPS) is 20.7. The topological polar surface area (TPSA) is 412 Å². The summed E-state index contributed by atoms with van der Waals surface area (Å²) < 4.78 is 27.4. The van der Waals surface area contributed by atoms with Gasteiger partial charge in [-0.2, -0.15) is 0 Å². The molecule has 0 aliphatic carbocycles. The summed E-state index contributed by atoms with van der Waals surface area (Å²) in [6, 6.07) is 32.5. The fourth-order valence-electron chi connectivity index (χ4n) is 13.8. The van der Waals surface area contributed by atoms with Crippen LogP contribution >= 0.6 is 0 Å². The number of hydrogen-bond acceptors (Lipinski definition) is 20. The summed E-state index contributed by atoms with van der Waals surface area (Å²) in [5.74, 6) is -7.59. The standard InChI is InChI=1S/C84H100N16O16/c1-49(2)73(91-75(101)51(5)85-7)81(107)97-42-61-39-70(97)79(105)87-66(35-54-23-29-63(30-24-54)113-45-57-15-11-9-12-16-57)77(103)89-68(83(109)110)37-53-19-21-59(22-20-53)47-116-72-44-100(96-94-72)62-40-71(98(43-62)82(108)74(50(3)4)92-76(102)52(6)86-8)80(106)88-67(36-55-25-31-64(32-26-55)114-46-58-17-13-10-14-18-58)78(104)90-69(84(111)112)38-56-27-33-65(34-28-56)115-48-60-41-99(61)95-93-60/h9-34,41,44,49-52,61-62,66-71,73-74,85-86H,35-40,42-43,45-48H2,1-8H3,(H,87,105)(H,88,106)(H,89,103)(H,90,104)(H,91,101)(H,92,102)(H,109,110)(H,111,112). The number of carbonyl (C=O) groups excluding carboxylic acids is 8. The number of likely N-dealkylation sites (N-methyl/N-ethyl adjacent to an activating group) is 2. The maximum absolute atomic E-state index is 15.3. The molecular formula is C84H100N16O16. The van der Waals surface area contributed by atoms with E-state index in [1.54, 1.807) is 159 Å². The zero-order valence-electron chi connectivity index (χ0n) is 65.9. The van der Waals surface area contributed by atoms with Gasteiger partial charge in [0.15, 0.2) is 0 Å². The molecule has 6 aliphatic rings. The monoisotopic (exact) mass is 1590 g/mol. The summed E-state index contributed by atoms with van der Waals surface area (Å²) >= 11 is 0. The van der Waals surface area contributed by atoms with Crippen LogP contribution in [0.4, 0.5) is 0 Å². The second kappa shape index (κ2) is 39.4. The minimum atomic E-state index is -1.54. The van der Waals surface area contributed by atoms with Gasteiger partial charge in [-0.05, 0) is 115 Å². The molecule has 2 saturated heterocycles. The number of rotatable bonds is 22. The number of nitrogens with one attached hydrogen (secondary N) is 8. The summed E-state index contributed by atoms with van der Waals surface area (Å²) in [6.07, 6.45) is 2.26. The fourth-order valence-corrected chi connectivity index (χ4v) is 13.8. The summed E-state index contributed by atoms with van der Waals surface area (Å²) in [5, 5.41) is 61.6. The van der Waals surface area contributed by atoms with Crippen molar-refractivity contribution in [2.45, 2.75) is 179 Å². The number of amides is 8. The highest BCUT2D eigenvalue weighted by Gasteiger charge is 2.47. The molecule has 32 heteroatoms. The lowest BCUT2D eigenvalue weighted by atomic mass is 10.0. The SMILES string of the molecule is CNC(C)C(=O)NC(C(=O)N1CC2CC1C(=O)NC(Cc1ccc(OCc3ccccc3)cc1)C(=O)NC(C(=O)O)Cc1ccc(cc1)COc1cn(nn1)C1CC(C(=O)NC(Cc3ccc(OCc4ccccc4)cc3)C(=O)NC(C(=O)O)Cc3ccc(cc3)OCc3cn2nn3)N(C(=O)C(NC(=O)C(C)NC)C(C)C)C1)C(C)C. The summed E-state index contributed by atoms with van der Waals surface area (Å²) in [5.41, 5.74) is 4.93. The molecule has 116 heavy (non-hydrogen) atoms. The second-order valence-corrected chi connectivity index (χ2v) is 30.1. The van der Waals surface area contributed by atoms with Gasteiger partial charge in [0.05, 0.1) is 36.6 Å². The van der Waals surface area contributed by atoms with E-state index in [1.807, 2.05) is 60.7 Å². The van der Waals surface area contributed by atoms with Crippen molar-refractivity contribution in [1.82, 2.24) is 82.3 Å². The van der Waals surface area contributed by atoms with E-state index in [-0.39, 0.29) is 83.9 Å². The first-order valence-corrected chi connectivity index (χ1v) is 38.8. The number of carboxylic acid groups (broad SMARTS) is 2. The van der Waals surface area contributed by atoms with Crippen LogP contribution in [-0.2, 0) is 100 Å². The van der Waals surface area contributed by atoms with Gasteiger partial charge in [0, 0.05) is 51.6 Å². The summed E-state index contributed by atoms with van der Waals surface area (Å²) in [6.45, 7) is 10.4. The number of ether oxygens (including phenoxy) is 4. The van der Waals surface area contributed by atoms with Crippen LogP contribution in [0, 0.1) is 11.8 Å². The van der Waals surface area contributed by atoms with Crippen molar-refractivity contribution in [2.24, 2.45) is 11.8 Å². The minimum Gasteiger partial charge on any atom is -0.489 e. The lowest BCUT2D eigenvalue weighted by Crippen LogP contribution is -2.59. The molecule has 12 atom stereocenters. The number of aliphatic carboxylic acids is 2. The molecule has 2 aromatic heterocycles. The molecule has 8 amide bonds. The quantitative estimate of drug-likeness (QED) is 0.0450. The second-order valence-electron chi connectivity index (χ2n) is 30.1. The highest BCUT2D eigenvalue weighted by Crippen LogP contribution is 2.33. The molecular weight excluding hydrogens is 1490 g/mol. The van der Waals surface area contributed by atoms with E-state index in [2.05, 4.69) is 63.2 Å². The first kappa shape index (κ1) is 84.3. The van der Waals surface area contributed by atoms with Crippen LogP contribution in [0.15, 0.2) is 170 Å². The molecule has 8 aromatic rings. The lowest BCUT2D eigenvalue weighted by molar-refractivity contribution is -0.144. The highest BCUT2D eigenvalue weighted by molar-refractivity contribution is 5.98. The van der Waals surface area contributed by atoms with Crippen molar-refractivity contribution in [3.8, 4) is 23.1 Å². The maximum Gasteiger partial charge on any atom is 0.326 e. The maximum atomic E-state index is 15.3. The van der Waals surface area contributed by atoms with Gasteiger partial charge in [0.2, 0.25) is 47.3 Å². The number of carbonyl (C=O) groups is 10. The van der Waals surface area contributed by atoms with Gasteiger partial charge in [0.25, 0.3) is 5.88 Å². The molecule has 0 radical (unpaired) electrons. The smallest absolute Gasteiger partial charge is 0.326 e. The third kappa shape index (κ3) is 22.5. The van der Waals surface area contributed by atoms with E-state index in [9.17, 15) is 39.0 Å². The van der Waals surface area contributed by atoms with Crippen molar-refractivity contribution < 1.29 is 77.1 Å². The molecule has 2 fully saturated rings. The van der Waals surface area contributed by atoms with Gasteiger partial charge < -0.3 is 81.5 Å². The molecule has 8 heterocycles. The van der Waals surface area contributed by atoms with Crippen molar-refractivity contribution >= 4 is 59.2 Å². The van der Waals surface area contributed by atoms with Crippen molar-refractivity contribution in [3.05, 3.63) is 215 Å². The van der Waals surface area contributed by atoms with Gasteiger partial charge in [0.1, 0.15) is 97.7 Å². The van der Waals surface area contributed by atoms with E-state index in [1.165, 1.54) is 25.4 Å². The zero-order valence-corrected chi connectivity index (χ0v) is 65.9. The molecule has 10 N–H and O–H groups in total. The van der Waals surface area contributed by atoms with Crippen LogP contribution in [0.25, 0.3) is 0 Å². The molecule has 0 spiro atoms. The average Bonchev–Trinajstić information content (AvgIpc) is 1.60. The molecule has 612 valence electrons. The van der Waals surface area contributed by atoms with E-state index in [0.29, 0.717) is 50.8 Å². The fraction of sp³-hybridized carbons (Fsp3) is 0.405. The number of likely N-dealkylation sites (tertiary alicyclic amines) is 2. The van der Waals surface area contributed by atoms with Crippen LogP contribution < -0.4 is 61.5 Å². The van der Waals surface area contributed by atoms with Crippen LogP contribution in [-0.4, -0.2) is 197 Å². The molecule has 14 rings (SSSR count). The Kier molecular flexibility index (Phi) is 28.7. The van der Waals surface area contributed by atoms with Crippen molar-refractivity contribution in [1.29, 1.82) is 0 Å². The van der Waals surface area contributed by atoms with Gasteiger partial charge in [-0.3, -0.25) is 38.4 Å². The minimum absolute atomic E-state index is 0.0528. The number of hydrogen-bond donors (Lipinski definition) is 10. The Balaban J connectivity index is 0.902. The Morgan fingerprint density at radius 1 is 0.483 bits per heavy atom. The van der Waals surface area contributed by atoms with Gasteiger partial charge in [-0.25, -0.2) is 19.0 Å². The molecule has 6 aliphatic heterocycles. The third-order valence-corrected chi connectivity index (χ3v) is 21.0. The van der Waals surface area contributed by atoms with Crippen molar-refractivity contribution in [2.75, 3.05) is 27.2 Å². The molecule has 0 saturated carbocycles. The van der Waals surface area contributed by atoms with Crippen LogP contribution in [0.3, 0.4) is 0 Å². The molecule has 12 bridgehead atoms. The molecule has 12 unspecified atom stereocenters. The summed E-state index contributed by atoms with van der Waals surface area (Å²) in [7, 11) is 3.21. The Morgan fingerprint density at radius 3 is 1.32 bits per heavy atom. The van der Waals surface area contributed by atoms with Gasteiger partial charge in [-0.15, -0.1) is 5.10 Å². The first-order valence-electron chi connectivity index (χ1n) is 38.8. The van der Waals surface area contributed by atoms with E-state index >= 15 is 19.2 Å². The lowest BCUT2D eigenvalue weighted by Gasteiger charge is -2.32. The largest absolute Gasteiger partial charge is 0.489 e. The third-order valence-electron chi connectivity index (χ3n) is 21.0. The van der Waals surface area contributed by atoms with Gasteiger partial charge in [-0.1, -0.05) is 165 Å². The van der Waals surface area contributed by atoms with E-state index in [4.69, 9.17) is 18.9 Å². The summed E-state index contributed by atoms with van der Waals surface area (Å²) in [4.78, 5) is 147. The Labute approximate surface area is 671 Å².